The first kappa shape index (κ1) is 40.4. The Morgan fingerprint density at radius 3 is 2.46 bits per heavy atom. The number of Topliss-reactive ketones (excluding diaryl/α,β-unsaturated/α-hetero) is 1. The number of likely N-dealkylation sites (N-methyl/N-ethyl adjacent to an activating group) is 1. The van der Waals surface area contributed by atoms with Gasteiger partial charge in [-0.2, -0.15) is 5.21 Å². The van der Waals surface area contributed by atoms with Crippen molar-refractivity contribution in [3.63, 3.8) is 0 Å². The highest BCUT2D eigenvalue weighted by atomic mass is 35.5. The van der Waals surface area contributed by atoms with Crippen molar-refractivity contribution in [2.24, 2.45) is 10.7 Å². The number of hydrogen-bond acceptors (Lipinski definition) is 12. The molecule has 2 heterocycles. The number of nitrogens with zero attached hydrogens (tertiary/aromatic N) is 6. The molecule has 0 radical (unpaired) electrons. The number of nitrogens with two attached hydrogens (primary N) is 1. The molecule has 2 aromatic carbocycles. The molecule has 0 saturated heterocycles. The van der Waals surface area contributed by atoms with Gasteiger partial charge in [0.25, 0.3) is 5.91 Å². The van der Waals surface area contributed by atoms with Gasteiger partial charge >= 0.3 is 5.97 Å². The van der Waals surface area contributed by atoms with Gasteiger partial charge in [-0.15, -0.1) is 10.2 Å². The van der Waals surface area contributed by atoms with Crippen LogP contribution in [0.5, 0.6) is 0 Å². The summed E-state index contributed by atoms with van der Waals surface area (Å²) in [7, 11) is 4.39. The number of fused-ring (bicyclic) bond motifs is 1. The molecule has 0 spiro atoms. The predicted octanol–water partition coefficient (Wildman–Crippen LogP) is 4.60. The number of amides is 2. The Labute approximate surface area is 315 Å². The second-order valence-corrected chi connectivity index (χ2v) is 16.4. The minimum Gasteiger partial charge on any atom is -0.478 e. The van der Waals surface area contributed by atoms with Gasteiger partial charge in [0.2, 0.25) is 11.6 Å². The van der Waals surface area contributed by atoms with Crippen LogP contribution in [0.2, 0.25) is 5.02 Å². The van der Waals surface area contributed by atoms with Crippen LogP contribution in [-0.2, 0) is 19.2 Å². The monoisotopic (exact) mass is 767 g/mol. The van der Waals surface area contributed by atoms with Gasteiger partial charge in [-0.05, 0) is 38.1 Å². The van der Waals surface area contributed by atoms with E-state index in [4.69, 9.17) is 22.3 Å². The largest absolute Gasteiger partial charge is 0.478 e. The Balaban J connectivity index is 0.00000111. The number of anilines is 1. The normalized spacial score (nSPS) is 17.3. The van der Waals surface area contributed by atoms with Gasteiger partial charge in [-0.3, -0.25) is 24.7 Å². The van der Waals surface area contributed by atoms with E-state index in [0.29, 0.717) is 29.0 Å². The van der Waals surface area contributed by atoms with Crippen LogP contribution in [0.4, 0.5) is 5.69 Å². The van der Waals surface area contributed by atoms with E-state index < -0.39 is 41.3 Å². The summed E-state index contributed by atoms with van der Waals surface area (Å²) in [6, 6.07) is 10.8. The molecule has 1 aliphatic heterocycles. The lowest BCUT2D eigenvalue weighted by molar-refractivity contribution is -0.163. The number of carboxylic acids is 1. The molecule has 52 heavy (non-hydrogen) atoms. The van der Waals surface area contributed by atoms with Gasteiger partial charge in [0, 0.05) is 40.0 Å². The third kappa shape index (κ3) is 9.74. The van der Waals surface area contributed by atoms with Crippen LogP contribution in [0.3, 0.4) is 0 Å². The zero-order valence-corrected chi connectivity index (χ0v) is 31.8. The average molecular weight is 768 g/mol. The van der Waals surface area contributed by atoms with Crippen molar-refractivity contribution in [2.45, 2.75) is 69.5 Å². The predicted molar refractivity (Wildman–Crippen MR) is 205 cm³/mol. The second-order valence-electron chi connectivity index (χ2n) is 12.8. The number of allylic oxidation sites excluding steroid dienone is 3. The number of halogens is 1. The SMILES string of the molecule is CN[C@](CC1=CC=CCC1)(C(=O)O)N(C(C)=O)N1C(=O)C(C(=O)C(N)CSSC(C)(C)C)N=C(c2ccccc2)c2cc(Cl)ccc21.c1nn[nH]n1. The summed E-state index contributed by atoms with van der Waals surface area (Å²) in [6.07, 6.45) is 8.07. The molecule has 17 heteroatoms. The summed E-state index contributed by atoms with van der Waals surface area (Å²) < 4.78 is -0.0964. The maximum Gasteiger partial charge on any atom is 0.347 e. The number of aliphatic imine (C=N–C) groups is 1. The number of hydrazine groups is 1. The summed E-state index contributed by atoms with van der Waals surface area (Å²) >= 11 is 6.50. The Kier molecular flexibility index (Phi) is 13.9. The fraction of sp³-hybridized carbons (Fsp3) is 0.371. The van der Waals surface area contributed by atoms with E-state index in [1.165, 1.54) is 43.2 Å². The molecule has 3 aromatic rings. The van der Waals surface area contributed by atoms with E-state index in [-0.39, 0.29) is 28.3 Å². The number of aromatic amines is 1. The molecule has 5 rings (SSSR count). The molecule has 1 aromatic heterocycles. The van der Waals surface area contributed by atoms with E-state index in [0.717, 1.165) is 15.6 Å². The van der Waals surface area contributed by atoms with Gasteiger partial charge in [0.15, 0.2) is 18.2 Å². The molecule has 2 unspecified atom stereocenters. The van der Waals surface area contributed by atoms with Crippen LogP contribution in [0.15, 0.2) is 83.7 Å². The molecule has 0 bridgehead atoms. The zero-order chi connectivity index (χ0) is 38.1. The van der Waals surface area contributed by atoms with Gasteiger partial charge in [-0.25, -0.2) is 14.8 Å². The standard InChI is InChI=1S/C34H40ClN5O5S2.CH2N4/c1-21(41)40(34(37-5,32(44)45)19-22-12-8-6-9-13-22)39-27-17-16-24(35)18-25(27)28(23-14-10-7-11-15-23)38-29(31(39)43)30(42)26(36)20-46-47-33(2,3)4;1-2-4-5-3-1/h6-8,10-12,14-18,26,29,37H,9,13,19-20,36H2,1-5H3,(H,44,45);1H,(H,2,3,4,5)/t26?,29?,34-;/m0./s1. The Morgan fingerprint density at radius 2 is 1.92 bits per heavy atom. The molecule has 1 aliphatic carbocycles. The van der Waals surface area contributed by atoms with Crippen LogP contribution in [-0.4, -0.2) is 95.3 Å². The Hall–Kier alpha value is -4.35. The van der Waals surface area contributed by atoms with Gasteiger partial charge < -0.3 is 10.8 Å². The number of benzene rings is 2. The minimum absolute atomic E-state index is 0.0964. The van der Waals surface area contributed by atoms with Crippen molar-refractivity contribution in [2.75, 3.05) is 17.8 Å². The number of hydrogen-bond donors (Lipinski definition) is 4. The average Bonchev–Trinajstić information content (AvgIpc) is 3.68. The van der Waals surface area contributed by atoms with Crippen molar-refractivity contribution < 1.29 is 24.3 Å². The number of aliphatic carboxylic acids is 1. The first-order chi connectivity index (χ1) is 24.7. The van der Waals surface area contributed by atoms with Crippen LogP contribution in [0, 0.1) is 0 Å². The molecule has 14 nitrogen and oxygen atoms in total. The molecule has 0 saturated carbocycles. The summed E-state index contributed by atoms with van der Waals surface area (Å²) in [6.45, 7) is 7.29. The number of carbonyl (C=O) groups excluding carboxylic acids is 3. The number of H-pyrrole nitrogens is 1. The van der Waals surface area contributed by atoms with Gasteiger partial charge in [0.05, 0.1) is 17.4 Å². The lowest BCUT2D eigenvalue weighted by Gasteiger charge is -2.46. The maximum atomic E-state index is 14.8. The number of ketones is 1. The van der Waals surface area contributed by atoms with Crippen LogP contribution < -0.4 is 16.1 Å². The van der Waals surface area contributed by atoms with Gasteiger partial charge in [0.1, 0.15) is 0 Å². The van der Waals surface area contributed by atoms with Crippen LogP contribution in [0.1, 0.15) is 58.1 Å². The lowest BCUT2D eigenvalue weighted by atomic mass is 9.92. The molecule has 2 amide bonds. The number of aromatic nitrogens is 4. The van der Waals surface area contributed by atoms with Crippen molar-refractivity contribution in [3.05, 3.63) is 94.8 Å². The quantitative estimate of drug-likeness (QED) is 0.114. The second kappa shape index (κ2) is 17.9. The fourth-order valence-corrected chi connectivity index (χ4v) is 8.15. The van der Waals surface area contributed by atoms with Crippen LogP contribution in [0.25, 0.3) is 0 Å². The minimum atomic E-state index is -2.12. The van der Waals surface area contributed by atoms with E-state index in [1.54, 1.807) is 41.1 Å². The number of benzodiazepines with no additional fused rings is 1. The van der Waals surface area contributed by atoms with E-state index in [1.807, 2.05) is 45.1 Å². The smallest absolute Gasteiger partial charge is 0.347 e. The molecule has 3 atom stereocenters. The summed E-state index contributed by atoms with van der Waals surface area (Å²) in [5.41, 5.74) is 6.39. The lowest BCUT2D eigenvalue weighted by Crippen LogP contribution is -2.71. The van der Waals surface area contributed by atoms with Crippen molar-refractivity contribution in [1.82, 2.24) is 30.9 Å². The first-order valence-electron chi connectivity index (χ1n) is 16.3. The highest BCUT2D eigenvalue weighted by Crippen LogP contribution is 2.38. The highest BCUT2D eigenvalue weighted by molar-refractivity contribution is 8.77. The van der Waals surface area contributed by atoms with E-state index >= 15 is 0 Å². The molecule has 276 valence electrons. The van der Waals surface area contributed by atoms with Crippen molar-refractivity contribution in [1.29, 1.82) is 0 Å². The van der Waals surface area contributed by atoms with E-state index in [9.17, 15) is 24.3 Å². The topological polar surface area (TPSA) is 200 Å². The zero-order valence-electron chi connectivity index (χ0n) is 29.4. The van der Waals surface area contributed by atoms with E-state index in [2.05, 4.69) is 25.9 Å². The third-order valence-electron chi connectivity index (χ3n) is 7.86. The fourth-order valence-electron chi connectivity index (χ4n) is 5.54. The van der Waals surface area contributed by atoms with Gasteiger partial charge in [-0.1, -0.05) is 113 Å². The van der Waals surface area contributed by atoms with Crippen molar-refractivity contribution in [3.8, 4) is 0 Å². The number of rotatable bonds is 12. The first-order valence-corrected chi connectivity index (χ1v) is 19.0. The number of nitrogens with one attached hydrogen (secondary N) is 2. The summed E-state index contributed by atoms with van der Waals surface area (Å²) in [5, 5.41) is 28.0. The Morgan fingerprint density at radius 1 is 1.19 bits per heavy atom. The molecule has 0 fully saturated rings. The number of tetrazole rings is 1. The van der Waals surface area contributed by atoms with Crippen molar-refractivity contribution >= 4 is 68.2 Å². The molecular weight excluding hydrogens is 726 g/mol. The summed E-state index contributed by atoms with van der Waals surface area (Å²) in [5.74, 6) is -3.52. The van der Waals surface area contributed by atoms with Crippen LogP contribution >= 0.6 is 33.2 Å². The summed E-state index contributed by atoms with van der Waals surface area (Å²) in [4.78, 5) is 60.8. The number of carbonyl (C=O) groups is 4. The maximum absolute atomic E-state index is 14.8. The number of carboxylic acid groups (broad SMARTS) is 1. The third-order valence-corrected chi connectivity index (χ3v) is 11.5. The molecule has 5 N–H and O–H groups in total. The highest BCUT2D eigenvalue weighted by Gasteiger charge is 2.52. The Bertz CT molecular complexity index is 1820. The molecular formula is C35H42ClN9O5S2. The molecule has 2 aliphatic rings.